The molecule has 0 N–H and O–H groups in total. The molecule has 0 aromatic rings. The van der Waals surface area contributed by atoms with E-state index in [2.05, 4.69) is 13.8 Å². The SMILES string of the molecule is CCCCOC[CH]COCCCC. The highest BCUT2D eigenvalue weighted by molar-refractivity contribution is 4.61. The van der Waals surface area contributed by atoms with Gasteiger partial charge < -0.3 is 9.47 Å². The third kappa shape index (κ3) is 11.9. The Balaban J connectivity index is 2.76. The van der Waals surface area contributed by atoms with Crippen LogP contribution in [0.25, 0.3) is 0 Å². The van der Waals surface area contributed by atoms with Crippen molar-refractivity contribution in [2.45, 2.75) is 39.5 Å². The van der Waals surface area contributed by atoms with Gasteiger partial charge in [0.05, 0.1) is 13.2 Å². The van der Waals surface area contributed by atoms with Crippen molar-refractivity contribution < 1.29 is 9.47 Å². The smallest absolute Gasteiger partial charge is 0.0520 e. The molecule has 0 heterocycles. The van der Waals surface area contributed by atoms with Crippen molar-refractivity contribution in [1.82, 2.24) is 0 Å². The summed E-state index contributed by atoms with van der Waals surface area (Å²) in [7, 11) is 0. The zero-order valence-electron chi connectivity index (χ0n) is 9.05. The molecule has 0 amide bonds. The Kier molecular flexibility index (Phi) is 11.8. The van der Waals surface area contributed by atoms with Crippen molar-refractivity contribution in [3.8, 4) is 0 Å². The molecule has 0 bridgehead atoms. The molecular weight excluding hydrogens is 164 g/mol. The molecule has 0 aliphatic heterocycles. The van der Waals surface area contributed by atoms with E-state index in [1.807, 2.05) is 6.42 Å². The second-order valence-electron chi connectivity index (χ2n) is 3.15. The van der Waals surface area contributed by atoms with Gasteiger partial charge in [0.2, 0.25) is 0 Å². The molecule has 0 saturated carbocycles. The maximum absolute atomic E-state index is 5.35. The summed E-state index contributed by atoms with van der Waals surface area (Å²) in [5.74, 6) is 0. The molecular formula is C11H23O2. The maximum Gasteiger partial charge on any atom is 0.0520 e. The van der Waals surface area contributed by atoms with Crippen LogP contribution >= 0.6 is 0 Å². The van der Waals surface area contributed by atoms with Crippen molar-refractivity contribution in [1.29, 1.82) is 0 Å². The van der Waals surface area contributed by atoms with Gasteiger partial charge in [-0.2, -0.15) is 0 Å². The first-order valence-electron chi connectivity index (χ1n) is 5.39. The van der Waals surface area contributed by atoms with Gasteiger partial charge >= 0.3 is 0 Å². The summed E-state index contributed by atoms with van der Waals surface area (Å²) >= 11 is 0. The van der Waals surface area contributed by atoms with Crippen molar-refractivity contribution in [2.24, 2.45) is 0 Å². The van der Waals surface area contributed by atoms with E-state index in [0.29, 0.717) is 0 Å². The van der Waals surface area contributed by atoms with E-state index in [9.17, 15) is 0 Å². The van der Waals surface area contributed by atoms with Crippen molar-refractivity contribution in [2.75, 3.05) is 26.4 Å². The Morgan fingerprint density at radius 3 is 1.69 bits per heavy atom. The maximum atomic E-state index is 5.35. The van der Waals surface area contributed by atoms with Crippen molar-refractivity contribution >= 4 is 0 Å². The van der Waals surface area contributed by atoms with Crippen LogP contribution in [0.5, 0.6) is 0 Å². The molecule has 0 aromatic heterocycles. The number of rotatable bonds is 10. The van der Waals surface area contributed by atoms with Crippen LogP contribution in [0.4, 0.5) is 0 Å². The van der Waals surface area contributed by atoms with Crippen LogP contribution in [0.15, 0.2) is 0 Å². The summed E-state index contributed by atoms with van der Waals surface area (Å²) in [6.45, 7) is 7.55. The normalized spacial score (nSPS) is 10.6. The molecule has 2 heteroatoms. The molecule has 0 rings (SSSR count). The van der Waals surface area contributed by atoms with Gasteiger partial charge in [-0.25, -0.2) is 0 Å². The van der Waals surface area contributed by atoms with Crippen molar-refractivity contribution in [3.05, 3.63) is 6.42 Å². The summed E-state index contributed by atoms with van der Waals surface area (Å²) in [6.07, 6.45) is 6.76. The third-order valence-electron chi connectivity index (χ3n) is 1.76. The van der Waals surface area contributed by atoms with Crippen LogP contribution in [-0.4, -0.2) is 26.4 Å². The van der Waals surface area contributed by atoms with Gasteiger partial charge in [0.25, 0.3) is 0 Å². The van der Waals surface area contributed by atoms with Gasteiger partial charge in [-0.3, -0.25) is 0 Å². The summed E-state index contributed by atoms with van der Waals surface area (Å²) < 4.78 is 10.7. The second kappa shape index (κ2) is 11.9. The van der Waals surface area contributed by atoms with Crippen LogP contribution < -0.4 is 0 Å². The predicted octanol–water partition coefficient (Wildman–Crippen LogP) is 2.82. The molecule has 1 radical (unpaired) electrons. The molecule has 0 atom stereocenters. The van der Waals surface area contributed by atoms with Gasteiger partial charge in [-0.1, -0.05) is 26.7 Å². The monoisotopic (exact) mass is 187 g/mol. The van der Waals surface area contributed by atoms with E-state index in [-0.39, 0.29) is 0 Å². The van der Waals surface area contributed by atoms with Crippen LogP contribution in [0.1, 0.15) is 39.5 Å². The molecule has 0 fully saturated rings. The number of unbranched alkanes of at least 4 members (excludes halogenated alkanes) is 2. The first kappa shape index (κ1) is 12.9. The predicted molar refractivity (Wildman–Crippen MR) is 55.8 cm³/mol. The van der Waals surface area contributed by atoms with Gasteiger partial charge in [-0.15, -0.1) is 0 Å². The zero-order valence-corrected chi connectivity index (χ0v) is 9.05. The van der Waals surface area contributed by atoms with Gasteiger partial charge in [0, 0.05) is 19.6 Å². The van der Waals surface area contributed by atoms with E-state index in [4.69, 9.17) is 9.47 Å². The summed E-state index contributed by atoms with van der Waals surface area (Å²) in [5.41, 5.74) is 0. The highest BCUT2D eigenvalue weighted by Gasteiger charge is 1.90. The molecule has 0 aliphatic carbocycles. The number of hydrogen-bond acceptors (Lipinski definition) is 2. The Bertz CT molecular complexity index is 74.2. The van der Waals surface area contributed by atoms with E-state index in [1.54, 1.807) is 0 Å². The molecule has 2 nitrogen and oxygen atoms in total. The lowest BCUT2D eigenvalue weighted by molar-refractivity contribution is 0.113. The van der Waals surface area contributed by atoms with Crippen LogP contribution in [0.2, 0.25) is 0 Å². The van der Waals surface area contributed by atoms with Gasteiger partial charge in [0.1, 0.15) is 0 Å². The molecule has 0 saturated heterocycles. The fourth-order valence-corrected chi connectivity index (χ4v) is 0.874. The van der Waals surface area contributed by atoms with E-state index < -0.39 is 0 Å². The highest BCUT2D eigenvalue weighted by Crippen LogP contribution is 1.91. The van der Waals surface area contributed by atoms with E-state index in [0.717, 1.165) is 39.3 Å². The fourth-order valence-electron chi connectivity index (χ4n) is 0.874. The quantitative estimate of drug-likeness (QED) is 0.490. The van der Waals surface area contributed by atoms with E-state index >= 15 is 0 Å². The average molecular weight is 187 g/mol. The lowest BCUT2D eigenvalue weighted by Gasteiger charge is -2.03. The van der Waals surface area contributed by atoms with E-state index in [1.165, 1.54) is 12.8 Å². The average Bonchev–Trinajstić information content (AvgIpc) is 2.16. The Hall–Kier alpha value is -0.0800. The Morgan fingerprint density at radius 1 is 0.846 bits per heavy atom. The molecule has 0 aromatic carbocycles. The zero-order chi connectivity index (χ0) is 9.78. The summed E-state index contributed by atoms with van der Waals surface area (Å²) in [4.78, 5) is 0. The van der Waals surface area contributed by atoms with Gasteiger partial charge in [0.15, 0.2) is 0 Å². The lowest BCUT2D eigenvalue weighted by Crippen LogP contribution is -2.03. The fraction of sp³-hybridized carbons (Fsp3) is 0.909. The Morgan fingerprint density at radius 2 is 1.31 bits per heavy atom. The van der Waals surface area contributed by atoms with Crippen LogP contribution in [0.3, 0.4) is 0 Å². The Labute approximate surface area is 82.6 Å². The minimum Gasteiger partial charge on any atom is -0.381 e. The molecule has 79 valence electrons. The highest BCUT2D eigenvalue weighted by atomic mass is 16.5. The first-order valence-corrected chi connectivity index (χ1v) is 5.39. The third-order valence-corrected chi connectivity index (χ3v) is 1.76. The minimum absolute atomic E-state index is 0.728. The minimum atomic E-state index is 0.728. The summed E-state index contributed by atoms with van der Waals surface area (Å²) in [6, 6.07) is 0. The molecule has 0 spiro atoms. The van der Waals surface area contributed by atoms with Gasteiger partial charge in [-0.05, 0) is 12.8 Å². The first-order chi connectivity index (χ1) is 6.41. The molecule has 13 heavy (non-hydrogen) atoms. The second-order valence-corrected chi connectivity index (χ2v) is 3.15. The number of ether oxygens (including phenoxy) is 2. The standard InChI is InChI=1S/C11H23O2/c1-3-5-8-12-10-7-11-13-9-6-4-2/h7H,3-6,8-11H2,1-2H3. The molecule has 0 aliphatic rings. The van der Waals surface area contributed by atoms with Crippen molar-refractivity contribution in [3.63, 3.8) is 0 Å². The largest absolute Gasteiger partial charge is 0.381 e. The lowest BCUT2D eigenvalue weighted by atomic mass is 10.3. The molecule has 0 unspecified atom stereocenters. The number of hydrogen-bond donors (Lipinski definition) is 0. The van der Waals surface area contributed by atoms with Crippen LogP contribution in [-0.2, 0) is 9.47 Å². The topological polar surface area (TPSA) is 18.5 Å². The van der Waals surface area contributed by atoms with Crippen LogP contribution in [0, 0.1) is 6.42 Å². The summed E-state index contributed by atoms with van der Waals surface area (Å²) in [5, 5.41) is 0.